The molecule has 0 saturated carbocycles. The van der Waals surface area contributed by atoms with E-state index < -0.39 is 0 Å². The zero-order valence-electron chi connectivity index (χ0n) is 20.6. The summed E-state index contributed by atoms with van der Waals surface area (Å²) in [6, 6.07) is 24.1. The van der Waals surface area contributed by atoms with Crippen molar-refractivity contribution in [3.63, 3.8) is 0 Å². The standard InChI is InChI=1S/C28H34N2O3S/c1-20(2)30(21(3)4)17-18-33-27-19-23(13-16-26(27)32-5)29-28(31)22-11-14-25(15-12-22)34-24-9-7-6-8-10-24/h6-16,19-21H,17-18H2,1-5H3,(H,29,31). The predicted molar refractivity (Wildman–Crippen MR) is 140 cm³/mol. The molecule has 0 aliphatic heterocycles. The van der Waals surface area contributed by atoms with Gasteiger partial charge in [0, 0.05) is 45.7 Å². The average molecular weight is 479 g/mol. The van der Waals surface area contributed by atoms with Crippen molar-refractivity contribution in [3.05, 3.63) is 78.4 Å². The summed E-state index contributed by atoms with van der Waals surface area (Å²) in [4.78, 5) is 17.4. The van der Waals surface area contributed by atoms with Crippen molar-refractivity contribution in [2.75, 3.05) is 25.6 Å². The summed E-state index contributed by atoms with van der Waals surface area (Å²) in [5.41, 5.74) is 1.26. The van der Waals surface area contributed by atoms with E-state index in [1.165, 1.54) is 0 Å². The molecule has 0 fully saturated rings. The van der Waals surface area contributed by atoms with Crippen molar-refractivity contribution >= 4 is 23.4 Å². The Hall–Kier alpha value is -2.96. The monoisotopic (exact) mass is 478 g/mol. The Kier molecular flexibility index (Phi) is 9.42. The lowest BCUT2D eigenvalue weighted by Gasteiger charge is -2.30. The predicted octanol–water partition coefficient (Wildman–Crippen LogP) is 6.60. The number of benzene rings is 3. The first-order valence-electron chi connectivity index (χ1n) is 11.6. The van der Waals surface area contributed by atoms with Crippen molar-refractivity contribution in [1.82, 2.24) is 4.90 Å². The largest absolute Gasteiger partial charge is 0.493 e. The molecule has 1 N–H and O–H groups in total. The van der Waals surface area contributed by atoms with Crippen LogP contribution in [0, 0.1) is 0 Å². The van der Waals surface area contributed by atoms with Gasteiger partial charge in [0.05, 0.1) is 7.11 Å². The maximum atomic E-state index is 12.8. The highest BCUT2D eigenvalue weighted by Gasteiger charge is 2.14. The van der Waals surface area contributed by atoms with Crippen molar-refractivity contribution in [2.45, 2.75) is 49.6 Å². The maximum Gasteiger partial charge on any atom is 0.255 e. The molecular weight excluding hydrogens is 444 g/mol. The number of amides is 1. The molecule has 0 atom stereocenters. The van der Waals surface area contributed by atoms with Crippen LogP contribution in [-0.2, 0) is 0 Å². The molecule has 6 heteroatoms. The van der Waals surface area contributed by atoms with Gasteiger partial charge in [-0.2, -0.15) is 0 Å². The van der Waals surface area contributed by atoms with E-state index in [1.807, 2.05) is 60.7 Å². The molecular formula is C28H34N2O3S. The van der Waals surface area contributed by atoms with Gasteiger partial charge in [0.25, 0.3) is 5.91 Å². The van der Waals surface area contributed by atoms with Crippen LogP contribution < -0.4 is 14.8 Å². The van der Waals surface area contributed by atoms with Gasteiger partial charge in [-0.15, -0.1) is 0 Å². The van der Waals surface area contributed by atoms with Crippen LogP contribution in [0.5, 0.6) is 11.5 Å². The number of anilines is 1. The molecule has 34 heavy (non-hydrogen) atoms. The highest BCUT2D eigenvalue weighted by molar-refractivity contribution is 7.99. The molecule has 3 aromatic rings. The Labute approximate surface area is 207 Å². The number of hydrogen-bond donors (Lipinski definition) is 1. The van der Waals surface area contributed by atoms with Crippen molar-refractivity contribution in [1.29, 1.82) is 0 Å². The third-order valence-electron chi connectivity index (χ3n) is 5.45. The lowest BCUT2D eigenvalue weighted by molar-refractivity contribution is 0.102. The minimum atomic E-state index is -0.168. The zero-order valence-corrected chi connectivity index (χ0v) is 21.4. The van der Waals surface area contributed by atoms with E-state index in [2.05, 4.69) is 50.0 Å². The molecule has 0 aliphatic rings. The fourth-order valence-corrected chi connectivity index (χ4v) is 4.58. The fourth-order valence-electron chi connectivity index (χ4n) is 3.74. The number of hydrogen-bond acceptors (Lipinski definition) is 5. The van der Waals surface area contributed by atoms with Gasteiger partial charge in [-0.25, -0.2) is 0 Å². The molecule has 0 saturated heterocycles. The van der Waals surface area contributed by atoms with Gasteiger partial charge < -0.3 is 14.8 Å². The van der Waals surface area contributed by atoms with Gasteiger partial charge in [0.2, 0.25) is 0 Å². The number of carbonyl (C=O) groups excluding carboxylic acids is 1. The van der Waals surface area contributed by atoms with Crippen LogP contribution in [0.3, 0.4) is 0 Å². The summed E-state index contributed by atoms with van der Waals surface area (Å²) < 4.78 is 11.5. The second-order valence-electron chi connectivity index (χ2n) is 8.53. The van der Waals surface area contributed by atoms with Crippen molar-refractivity contribution in [2.24, 2.45) is 0 Å². The second kappa shape index (κ2) is 12.5. The van der Waals surface area contributed by atoms with Gasteiger partial charge >= 0.3 is 0 Å². The molecule has 0 aliphatic carbocycles. The highest BCUT2D eigenvalue weighted by atomic mass is 32.2. The second-order valence-corrected chi connectivity index (χ2v) is 9.68. The number of carbonyl (C=O) groups is 1. The van der Waals surface area contributed by atoms with Crippen molar-refractivity contribution < 1.29 is 14.3 Å². The van der Waals surface area contributed by atoms with Crippen LogP contribution in [0.25, 0.3) is 0 Å². The first-order chi connectivity index (χ1) is 16.4. The summed E-state index contributed by atoms with van der Waals surface area (Å²) in [7, 11) is 1.62. The van der Waals surface area contributed by atoms with Gasteiger partial charge in [-0.3, -0.25) is 9.69 Å². The topological polar surface area (TPSA) is 50.8 Å². The molecule has 1 amide bonds. The number of nitrogens with one attached hydrogen (secondary N) is 1. The third-order valence-corrected chi connectivity index (χ3v) is 6.47. The van der Waals surface area contributed by atoms with E-state index in [9.17, 15) is 4.79 Å². The summed E-state index contributed by atoms with van der Waals surface area (Å²) >= 11 is 1.67. The minimum absolute atomic E-state index is 0.168. The van der Waals surface area contributed by atoms with Crippen LogP contribution in [-0.4, -0.2) is 43.2 Å². The SMILES string of the molecule is COc1ccc(NC(=O)c2ccc(Sc3ccccc3)cc2)cc1OCCN(C(C)C)C(C)C. The molecule has 0 unspecified atom stereocenters. The van der Waals surface area contributed by atoms with Gasteiger partial charge in [-0.05, 0) is 76.2 Å². The average Bonchev–Trinajstić information content (AvgIpc) is 2.82. The molecule has 3 aromatic carbocycles. The van der Waals surface area contributed by atoms with Crippen LogP contribution in [0.15, 0.2) is 82.6 Å². The third kappa shape index (κ3) is 7.27. The number of methoxy groups -OCH3 is 1. The van der Waals surface area contributed by atoms with E-state index in [-0.39, 0.29) is 5.91 Å². The van der Waals surface area contributed by atoms with Gasteiger partial charge in [0.15, 0.2) is 11.5 Å². The highest BCUT2D eigenvalue weighted by Crippen LogP contribution is 2.31. The molecule has 0 bridgehead atoms. The Morgan fingerprint density at radius 2 is 1.53 bits per heavy atom. The smallest absolute Gasteiger partial charge is 0.255 e. The Balaban J connectivity index is 1.62. The Bertz CT molecular complexity index is 1050. The fraction of sp³-hybridized carbons (Fsp3) is 0.321. The van der Waals surface area contributed by atoms with Crippen LogP contribution in [0.4, 0.5) is 5.69 Å². The first-order valence-corrected chi connectivity index (χ1v) is 12.4. The molecule has 0 heterocycles. The van der Waals surface area contributed by atoms with E-state index in [0.717, 1.165) is 16.3 Å². The summed E-state index contributed by atoms with van der Waals surface area (Å²) in [5, 5.41) is 2.96. The lowest BCUT2D eigenvalue weighted by Crippen LogP contribution is -2.39. The molecule has 5 nitrogen and oxygen atoms in total. The molecule has 0 aromatic heterocycles. The quantitative estimate of drug-likeness (QED) is 0.337. The lowest BCUT2D eigenvalue weighted by atomic mass is 10.2. The van der Waals surface area contributed by atoms with Crippen LogP contribution in [0.1, 0.15) is 38.1 Å². The van der Waals surface area contributed by atoms with E-state index in [0.29, 0.717) is 41.4 Å². The summed E-state index contributed by atoms with van der Waals surface area (Å²) in [5.74, 6) is 1.08. The number of nitrogens with zero attached hydrogens (tertiary/aromatic N) is 1. The van der Waals surface area contributed by atoms with Gasteiger partial charge in [-0.1, -0.05) is 30.0 Å². The van der Waals surface area contributed by atoms with Crippen LogP contribution >= 0.6 is 11.8 Å². The Morgan fingerprint density at radius 1 is 0.882 bits per heavy atom. The minimum Gasteiger partial charge on any atom is -0.493 e. The van der Waals surface area contributed by atoms with E-state index >= 15 is 0 Å². The van der Waals surface area contributed by atoms with Crippen LogP contribution in [0.2, 0.25) is 0 Å². The first kappa shape index (κ1) is 25.7. The van der Waals surface area contributed by atoms with E-state index in [1.54, 1.807) is 18.9 Å². The molecule has 0 spiro atoms. The molecule has 180 valence electrons. The molecule has 3 rings (SSSR count). The number of ether oxygens (including phenoxy) is 2. The summed E-state index contributed by atoms with van der Waals surface area (Å²) in [6.07, 6.45) is 0. The van der Waals surface area contributed by atoms with E-state index in [4.69, 9.17) is 9.47 Å². The summed E-state index contributed by atoms with van der Waals surface area (Å²) in [6.45, 7) is 10.1. The Morgan fingerprint density at radius 3 is 2.15 bits per heavy atom. The zero-order chi connectivity index (χ0) is 24.5. The van der Waals surface area contributed by atoms with Crippen molar-refractivity contribution in [3.8, 4) is 11.5 Å². The normalized spacial score (nSPS) is 11.2. The number of rotatable bonds is 11. The maximum absolute atomic E-state index is 12.8. The van der Waals surface area contributed by atoms with Gasteiger partial charge in [0.1, 0.15) is 6.61 Å². The molecule has 0 radical (unpaired) electrons.